The van der Waals surface area contributed by atoms with Crippen molar-refractivity contribution in [1.29, 1.82) is 0 Å². The van der Waals surface area contributed by atoms with E-state index in [1.165, 1.54) is 13.8 Å². The molecule has 0 atom stereocenters. The van der Waals surface area contributed by atoms with Crippen molar-refractivity contribution in [2.24, 2.45) is 0 Å². The molecule has 1 N–H and O–H groups in total. The normalized spacial score (nSPS) is 19.3. The highest BCUT2D eigenvalue weighted by Crippen LogP contribution is 2.39. The van der Waals surface area contributed by atoms with Gasteiger partial charge in [0.05, 0.1) is 4.92 Å². The van der Waals surface area contributed by atoms with Crippen LogP contribution in [-0.2, 0) is 14.8 Å². The maximum atomic E-state index is 12.6. The van der Waals surface area contributed by atoms with Crippen LogP contribution in [0.4, 0.5) is 5.69 Å². The molecule has 116 valence electrons. The van der Waals surface area contributed by atoms with Gasteiger partial charge in [0.2, 0.25) is 5.91 Å². The Morgan fingerprint density at radius 3 is 2.67 bits per heavy atom. The summed E-state index contributed by atoms with van der Waals surface area (Å²) >= 11 is 6.31. The second-order valence-electron chi connectivity index (χ2n) is 4.87. The summed E-state index contributed by atoms with van der Waals surface area (Å²) in [5.74, 6) is -0.422. The number of thiophene rings is 1. The maximum absolute atomic E-state index is 12.6. The second kappa shape index (κ2) is 5.20. The van der Waals surface area contributed by atoms with Crippen LogP contribution in [0, 0.1) is 10.1 Å². The molecule has 2 heterocycles. The van der Waals surface area contributed by atoms with Gasteiger partial charge in [-0.1, -0.05) is 11.6 Å². The summed E-state index contributed by atoms with van der Waals surface area (Å²) in [7, 11) is -4.04. The molecule has 1 aliphatic rings. The van der Waals surface area contributed by atoms with Gasteiger partial charge in [-0.15, -0.1) is 11.3 Å². The SMILES string of the molecule is CC1(C)C(=O)NCCN1S(=O)(=O)c1cc([N+](=O)[O-])c(Cl)s1. The molecule has 2 rings (SSSR count). The molecule has 0 aliphatic carbocycles. The Balaban J connectivity index is 2.49. The summed E-state index contributed by atoms with van der Waals surface area (Å²) in [6.45, 7) is 3.22. The molecule has 11 heteroatoms. The van der Waals surface area contributed by atoms with Crippen molar-refractivity contribution in [2.45, 2.75) is 23.6 Å². The first kappa shape index (κ1) is 16.1. The highest BCUT2D eigenvalue weighted by Gasteiger charge is 2.46. The monoisotopic (exact) mass is 353 g/mol. The molecule has 1 saturated heterocycles. The quantitative estimate of drug-likeness (QED) is 0.648. The fourth-order valence-corrected chi connectivity index (χ4v) is 5.53. The summed E-state index contributed by atoms with van der Waals surface area (Å²) < 4.78 is 25.8. The zero-order valence-electron chi connectivity index (χ0n) is 11.1. The first-order valence-electron chi connectivity index (χ1n) is 5.83. The van der Waals surface area contributed by atoms with Gasteiger partial charge in [-0.3, -0.25) is 14.9 Å². The standard InChI is InChI=1S/C10H12ClN3O5S2/c1-10(2)9(15)12-3-4-13(10)21(18,19)7-5-6(14(16)17)8(11)20-7/h5H,3-4H2,1-2H3,(H,12,15). The number of nitro groups is 1. The lowest BCUT2D eigenvalue weighted by Crippen LogP contribution is -2.63. The van der Waals surface area contributed by atoms with Gasteiger partial charge in [-0.25, -0.2) is 8.42 Å². The van der Waals surface area contributed by atoms with Crippen molar-refractivity contribution in [1.82, 2.24) is 9.62 Å². The van der Waals surface area contributed by atoms with Crippen LogP contribution in [0.2, 0.25) is 4.34 Å². The van der Waals surface area contributed by atoms with E-state index in [1.54, 1.807) is 0 Å². The van der Waals surface area contributed by atoms with E-state index >= 15 is 0 Å². The molecule has 0 radical (unpaired) electrons. The van der Waals surface area contributed by atoms with Crippen LogP contribution in [0.3, 0.4) is 0 Å². The van der Waals surface area contributed by atoms with Crippen molar-refractivity contribution >= 4 is 44.6 Å². The lowest BCUT2D eigenvalue weighted by molar-refractivity contribution is -0.384. The Hall–Kier alpha value is -1.23. The molecule has 21 heavy (non-hydrogen) atoms. The average molecular weight is 354 g/mol. The molecule has 1 aromatic heterocycles. The van der Waals surface area contributed by atoms with Crippen LogP contribution >= 0.6 is 22.9 Å². The van der Waals surface area contributed by atoms with Crippen LogP contribution in [0.5, 0.6) is 0 Å². The van der Waals surface area contributed by atoms with Crippen LogP contribution in [0.25, 0.3) is 0 Å². The zero-order chi connectivity index (χ0) is 16.0. The Morgan fingerprint density at radius 2 is 2.14 bits per heavy atom. The Kier molecular flexibility index (Phi) is 4.00. The minimum Gasteiger partial charge on any atom is -0.353 e. The van der Waals surface area contributed by atoms with Crippen molar-refractivity contribution in [3.8, 4) is 0 Å². The molecule has 0 aromatic carbocycles. The molecular weight excluding hydrogens is 342 g/mol. The van der Waals surface area contributed by atoms with E-state index in [2.05, 4.69) is 5.32 Å². The van der Waals surface area contributed by atoms with E-state index in [4.69, 9.17) is 11.6 Å². The highest BCUT2D eigenvalue weighted by molar-refractivity contribution is 7.91. The van der Waals surface area contributed by atoms with E-state index in [0.717, 1.165) is 10.4 Å². The average Bonchev–Trinajstić information content (AvgIpc) is 2.75. The Labute approximate surface area is 129 Å². The number of hydrogen-bond acceptors (Lipinski definition) is 6. The number of carbonyl (C=O) groups excluding carboxylic acids is 1. The summed E-state index contributed by atoms with van der Waals surface area (Å²) in [6, 6.07) is 0.922. The zero-order valence-corrected chi connectivity index (χ0v) is 13.5. The molecule has 1 amide bonds. The second-order valence-corrected chi connectivity index (χ2v) is 8.62. The minimum absolute atomic E-state index is 0.0877. The van der Waals surface area contributed by atoms with Crippen LogP contribution < -0.4 is 5.32 Å². The highest BCUT2D eigenvalue weighted by atomic mass is 35.5. The Morgan fingerprint density at radius 1 is 1.52 bits per heavy atom. The molecule has 1 aromatic rings. The number of hydrogen-bond donors (Lipinski definition) is 1. The third-order valence-electron chi connectivity index (χ3n) is 3.17. The molecule has 8 nitrogen and oxygen atoms in total. The van der Waals surface area contributed by atoms with Gasteiger partial charge in [-0.2, -0.15) is 4.31 Å². The van der Waals surface area contributed by atoms with Crippen LogP contribution in [0.15, 0.2) is 10.3 Å². The van der Waals surface area contributed by atoms with E-state index in [1.807, 2.05) is 0 Å². The lowest BCUT2D eigenvalue weighted by atomic mass is 10.0. The van der Waals surface area contributed by atoms with Gasteiger partial charge in [0, 0.05) is 19.2 Å². The molecule has 1 aliphatic heterocycles. The predicted molar refractivity (Wildman–Crippen MR) is 77.0 cm³/mol. The van der Waals surface area contributed by atoms with E-state index in [-0.39, 0.29) is 21.6 Å². The molecule has 0 saturated carbocycles. The fraction of sp³-hybridized carbons (Fsp3) is 0.500. The number of carbonyl (C=O) groups is 1. The maximum Gasteiger partial charge on any atom is 0.300 e. The van der Waals surface area contributed by atoms with Crippen molar-refractivity contribution in [3.63, 3.8) is 0 Å². The predicted octanol–water partition coefficient (Wildman–Crippen LogP) is 1.21. The van der Waals surface area contributed by atoms with Gasteiger partial charge >= 0.3 is 0 Å². The third kappa shape index (κ3) is 2.63. The van der Waals surface area contributed by atoms with Crippen LogP contribution in [-0.4, -0.2) is 42.2 Å². The van der Waals surface area contributed by atoms with Crippen LogP contribution in [0.1, 0.15) is 13.8 Å². The van der Waals surface area contributed by atoms with Crippen molar-refractivity contribution < 1.29 is 18.1 Å². The first-order chi connectivity index (χ1) is 9.58. The number of nitrogens with one attached hydrogen (secondary N) is 1. The van der Waals surface area contributed by atoms with Gasteiger partial charge in [0.1, 0.15) is 9.75 Å². The summed E-state index contributed by atoms with van der Waals surface area (Å²) in [5, 5.41) is 13.4. The smallest absolute Gasteiger partial charge is 0.300 e. The molecule has 0 bridgehead atoms. The summed E-state index contributed by atoms with van der Waals surface area (Å²) in [4.78, 5) is 21.9. The number of amides is 1. The largest absolute Gasteiger partial charge is 0.353 e. The number of sulfonamides is 1. The topological polar surface area (TPSA) is 110 Å². The van der Waals surface area contributed by atoms with Gasteiger partial charge in [0.25, 0.3) is 15.7 Å². The molecule has 0 spiro atoms. The Bertz CT molecular complexity index is 712. The van der Waals surface area contributed by atoms with E-state index in [9.17, 15) is 23.3 Å². The number of halogens is 1. The van der Waals surface area contributed by atoms with Gasteiger partial charge in [0.15, 0.2) is 4.34 Å². The molecule has 0 unspecified atom stereocenters. The van der Waals surface area contributed by atoms with Gasteiger partial charge < -0.3 is 5.32 Å². The molecule has 1 fully saturated rings. The van der Waals surface area contributed by atoms with E-state index in [0.29, 0.717) is 11.3 Å². The number of piperazine rings is 1. The minimum atomic E-state index is -4.04. The fourth-order valence-electron chi connectivity index (χ4n) is 2.00. The third-order valence-corrected chi connectivity index (χ3v) is 7.03. The molecular formula is C10H12ClN3O5S2. The number of nitrogens with zero attached hydrogens (tertiary/aromatic N) is 2. The van der Waals surface area contributed by atoms with Gasteiger partial charge in [-0.05, 0) is 13.8 Å². The number of rotatable bonds is 3. The van der Waals surface area contributed by atoms with E-state index < -0.39 is 32.1 Å². The first-order valence-corrected chi connectivity index (χ1v) is 8.47. The summed E-state index contributed by atoms with van der Waals surface area (Å²) in [6.07, 6.45) is 0. The summed E-state index contributed by atoms with van der Waals surface area (Å²) in [5.41, 5.74) is -1.73. The lowest BCUT2D eigenvalue weighted by Gasteiger charge is -2.39. The van der Waals surface area contributed by atoms with Crippen molar-refractivity contribution in [2.75, 3.05) is 13.1 Å². The van der Waals surface area contributed by atoms with Crippen molar-refractivity contribution in [3.05, 3.63) is 20.5 Å².